The van der Waals surface area contributed by atoms with E-state index in [0.29, 0.717) is 44.3 Å². The van der Waals surface area contributed by atoms with E-state index in [-0.39, 0.29) is 18.0 Å². The van der Waals surface area contributed by atoms with Gasteiger partial charge in [0.2, 0.25) is 5.82 Å². The van der Waals surface area contributed by atoms with E-state index in [1.54, 1.807) is 9.58 Å². The minimum atomic E-state index is -0.740. The Morgan fingerprint density at radius 2 is 2.17 bits per heavy atom. The molecule has 23 heavy (non-hydrogen) atoms. The Hall–Kier alpha value is -1.61. The Balaban J connectivity index is 2.10. The van der Waals surface area contributed by atoms with Crippen molar-refractivity contribution in [2.75, 3.05) is 49.3 Å². The standard InChI is InChI=1S/C14H24N4O4S/c1-23(2,3)11-22-8-7-17-14(13(9-15-17)18(20)21)16-6-4-5-12(19)10-16/h9H,4-8,10-11H2,1-3H3. The lowest BCUT2D eigenvalue weighted by molar-refractivity contribution is -0.384. The third kappa shape index (κ3) is 4.93. The van der Waals surface area contributed by atoms with E-state index in [0.717, 1.165) is 0 Å². The van der Waals surface area contributed by atoms with Crippen LogP contribution in [-0.4, -0.2) is 64.9 Å². The summed E-state index contributed by atoms with van der Waals surface area (Å²) in [5.74, 6) is 1.20. The summed E-state index contributed by atoms with van der Waals surface area (Å²) in [6.45, 7) is 1.71. The Bertz CT molecular complexity index is 582. The molecular weight excluding hydrogens is 320 g/mol. The molecule has 2 heterocycles. The summed E-state index contributed by atoms with van der Waals surface area (Å²) in [5, 5.41) is 15.4. The molecule has 1 fully saturated rings. The van der Waals surface area contributed by atoms with Gasteiger partial charge in [0.25, 0.3) is 0 Å². The Morgan fingerprint density at radius 3 is 2.78 bits per heavy atom. The summed E-state index contributed by atoms with van der Waals surface area (Å²) in [6.07, 6.45) is 8.99. The molecule has 130 valence electrons. The molecule has 0 spiro atoms. The molecule has 9 heteroatoms. The summed E-state index contributed by atoms with van der Waals surface area (Å²) in [7, 11) is -0.740. The lowest BCUT2D eigenvalue weighted by Gasteiger charge is -2.28. The smallest absolute Gasteiger partial charge is 0.331 e. The number of ether oxygens (including phenoxy) is 1. The molecule has 2 rings (SSSR count). The van der Waals surface area contributed by atoms with Crippen molar-refractivity contribution >= 4 is 27.3 Å². The molecule has 1 aliphatic heterocycles. The molecular formula is C14H24N4O4S. The van der Waals surface area contributed by atoms with Crippen LogP contribution in [0.2, 0.25) is 0 Å². The third-order valence-corrected chi connectivity index (χ3v) is 4.30. The van der Waals surface area contributed by atoms with Crippen LogP contribution in [0.15, 0.2) is 6.20 Å². The highest BCUT2D eigenvalue weighted by Gasteiger charge is 2.29. The van der Waals surface area contributed by atoms with E-state index in [1.165, 1.54) is 6.20 Å². The number of nitro groups is 1. The number of hydrogen-bond donors (Lipinski definition) is 0. The SMILES string of the molecule is CS(C)(C)COCCn1ncc([N+](=O)[O-])c1N1CCCC(=O)C1. The monoisotopic (exact) mass is 344 g/mol. The predicted molar refractivity (Wildman–Crippen MR) is 91.5 cm³/mol. The number of carbonyl (C=O) groups excluding carboxylic acids is 1. The topological polar surface area (TPSA) is 90.5 Å². The summed E-state index contributed by atoms with van der Waals surface area (Å²) in [4.78, 5) is 24.2. The fraction of sp³-hybridized carbons (Fsp3) is 0.714. The van der Waals surface area contributed by atoms with Gasteiger partial charge in [0.15, 0.2) is 5.78 Å². The van der Waals surface area contributed by atoms with Crippen LogP contribution < -0.4 is 4.90 Å². The van der Waals surface area contributed by atoms with Gasteiger partial charge >= 0.3 is 5.69 Å². The van der Waals surface area contributed by atoms with E-state index in [2.05, 4.69) is 23.9 Å². The zero-order chi connectivity index (χ0) is 17.0. The van der Waals surface area contributed by atoms with Crippen molar-refractivity contribution in [3.8, 4) is 0 Å². The number of rotatable bonds is 7. The van der Waals surface area contributed by atoms with Crippen molar-refractivity contribution in [3.63, 3.8) is 0 Å². The van der Waals surface area contributed by atoms with Crippen LogP contribution in [0.5, 0.6) is 0 Å². The first-order chi connectivity index (χ1) is 10.8. The maximum atomic E-state index is 11.7. The minimum Gasteiger partial charge on any atom is -0.370 e. The number of ketones is 1. The number of piperidine rings is 1. The Morgan fingerprint density at radius 1 is 1.43 bits per heavy atom. The second kappa shape index (κ2) is 7.31. The second-order valence-corrected chi connectivity index (χ2v) is 10.9. The summed E-state index contributed by atoms with van der Waals surface area (Å²) in [6, 6.07) is 0. The molecule has 0 N–H and O–H groups in total. The van der Waals surface area contributed by atoms with Gasteiger partial charge in [0, 0.05) is 13.0 Å². The molecule has 0 aromatic carbocycles. The number of nitrogens with zero attached hydrogens (tertiary/aromatic N) is 4. The van der Waals surface area contributed by atoms with Crippen LogP contribution in [0.25, 0.3) is 0 Å². The van der Waals surface area contributed by atoms with Crippen molar-refractivity contribution in [1.82, 2.24) is 9.78 Å². The van der Waals surface area contributed by atoms with Gasteiger partial charge in [0.1, 0.15) is 6.20 Å². The zero-order valence-corrected chi connectivity index (χ0v) is 14.7. The summed E-state index contributed by atoms with van der Waals surface area (Å²) >= 11 is 0. The van der Waals surface area contributed by atoms with E-state index in [1.807, 2.05) is 0 Å². The van der Waals surface area contributed by atoms with Gasteiger partial charge in [-0.2, -0.15) is 5.10 Å². The largest absolute Gasteiger partial charge is 0.370 e. The number of anilines is 1. The molecule has 0 radical (unpaired) electrons. The first-order valence-corrected chi connectivity index (χ1v) is 10.5. The molecule has 8 nitrogen and oxygen atoms in total. The van der Waals surface area contributed by atoms with Crippen molar-refractivity contribution in [1.29, 1.82) is 0 Å². The fourth-order valence-electron chi connectivity index (χ4n) is 2.47. The van der Waals surface area contributed by atoms with Gasteiger partial charge in [-0.3, -0.25) is 14.9 Å². The lowest BCUT2D eigenvalue weighted by atomic mass is 10.1. The Kier molecular flexibility index (Phi) is 5.64. The maximum Gasteiger partial charge on any atom is 0.331 e. The van der Waals surface area contributed by atoms with Gasteiger partial charge in [-0.05, 0) is 25.2 Å². The van der Waals surface area contributed by atoms with Crippen molar-refractivity contribution in [2.45, 2.75) is 19.4 Å². The van der Waals surface area contributed by atoms with Crippen LogP contribution in [0.4, 0.5) is 11.5 Å². The highest BCUT2D eigenvalue weighted by Crippen LogP contribution is 2.34. The molecule has 1 saturated heterocycles. The molecule has 0 amide bonds. The average molecular weight is 344 g/mol. The quantitative estimate of drug-likeness (QED) is 0.424. The van der Waals surface area contributed by atoms with Crippen LogP contribution in [0.1, 0.15) is 12.8 Å². The van der Waals surface area contributed by atoms with Crippen LogP contribution >= 0.6 is 10.0 Å². The molecule has 0 aliphatic carbocycles. The van der Waals surface area contributed by atoms with E-state index < -0.39 is 15.0 Å². The van der Waals surface area contributed by atoms with Crippen LogP contribution in [-0.2, 0) is 16.1 Å². The number of hydrogen-bond acceptors (Lipinski definition) is 6. The van der Waals surface area contributed by atoms with Gasteiger partial charge in [-0.1, -0.05) is 0 Å². The predicted octanol–water partition coefficient (Wildman–Crippen LogP) is 1.63. The van der Waals surface area contributed by atoms with Crippen LogP contribution in [0.3, 0.4) is 0 Å². The van der Waals surface area contributed by atoms with Crippen LogP contribution in [0, 0.1) is 10.1 Å². The molecule has 0 bridgehead atoms. The summed E-state index contributed by atoms with van der Waals surface area (Å²) < 4.78 is 7.23. The van der Waals surface area contributed by atoms with Gasteiger partial charge < -0.3 is 9.64 Å². The molecule has 1 aliphatic rings. The average Bonchev–Trinajstić information content (AvgIpc) is 2.86. The van der Waals surface area contributed by atoms with Crippen molar-refractivity contribution < 1.29 is 14.5 Å². The van der Waals surface area contributed by atoms with Gasteiger partial charge in [-0.25, -0.2) is 14.7 Å². The lowest BCUT2D eigenvalue weighted by Crippen LogP contribution is -2.37. The Labute approximate surface area is 137 Å². The van der Waals surface area contributed by atoms with Crippen molar-refractivity contribution in [2.24, 2.45) is 0 Å². The summed E-state index contributed by atoms with van der Waals surface area (Å²) in [5.41, 5.74) is -0.0545. The molecule has 0 saturated carbocycles. The fourth-order valence-corrected chi connectivity index (χ4v) is 3.08. The van der Waals surface area contributed by atoms with Gasteiger partial charge in [-0.15, -0.1) is 0 Å². The second-order valence-electron chi connectivity index (χ2n) is 6.51. The van der Waals surface area contributed by atoms with E-state index in [4.69, 9.17) is 4.74 Å². The maximum absolute atomic E-state index is 11.7. The molecule has 1 aromatic heterocycles. The van der Waals surface area contributed by atoms with E-state index >= 15 is 0 Å². The molecule has 0 atom stereocenters. The molecule has 1 aromatic rings. The number of aromatic nitrogens is 2. The van der Waals surface area contributed by atoms with Gasteiger partial charge in [0.05, 0.1) is 30.6 Å². The molecule has 0 unspecified atom stereocenters. The zero-order valence-electron chi connectivity index (χ0n) is 13.9. The minimum absolute atomic E-state index is 0.0545. The number of Topliss-reactive ketones (excluding diaryl/α,β-unsaturated/α-hetero) is 1. The first kappa shape index (κ1) is 17.7. The highest BCUT2D eigenvalue weighted by molar-refractivity contribution is 8.32. The normalized spacial score (nSPS) is 16.7. The highest BCUT2D eigenvalue weighted by atomic mass is 32.3. The third-order valence-electron chi connectivity index (χ3n) is 3.42. The van der Waals surface area contributed by atoms with E-state index in [9.17, 15) is 14.9 Å². The van der Waals surface area contributed by atoms with Crippen molar-refractivity contribution in [3.05, 3.63) is 16.3 Å². The number of carbonyl (C=O) groups is 1. The first-order valence-electron chi connectivity index (χ1n) is 7.48.